The maximum atomic E-state index is 13.4. The third kappa shape index (κ3) is 4.09. The van der Waals surface area contributed by atoms with Crippen molar-refractivity contribution < 1.29 is 27.9 Å². The molecule has 1 amide bonds. The Morgan fingerprint density at radius 3 is 2.27 bits per heavy atom. The zero-order valence-electron chi connectivity index (χ0n) is 17.6. The third-order valence-corrected chi connectivity index (χ3v) is 5.33. The highest BCUT2D eigenvalue weighted by atomic mass is 19.4. The van der Waals surface area contributed by atoms with E-state index in [1.165, 1.54) is 18.2 Å². The Morgan fingerprint density at radius 1 is 0.970 bits per heavy atom. The number of alkyl halides is 3. The fourth-order valence-electron chi connectivity index (χ4n) is 3.66. The second kappa shape index (κ2) is 8.16. The van der Waals surface area contributed by atoms with Gasteiger partial charge in [0.05, 0.1) is 22.9 Å². The van der Waals surface area contributed by atoms with Crippen molar-refractivity contribution >= 4 is 23.3 Å². The first-order valence-corrected chi connectivity index (χ1v) is 9.93. The molecule has 0 bridgehead atoms. The Labute approximate surface area is 187 Å². The van der Waals surface area contributed by atoms with E-state index in [0.29, 0.717) is 5.69 Å². The van der Waals surface area contributed by atoms with Gasteiger partial charge >= 0.3 is 12.1 Å². The Morgan fingerprint density at radius 2 is 1.67 bits per heavy atom. The summed E-state index contributed by atoms with van der Waals surface area (Å²) in [6.45, 7) is 3.51. The standard InChI is InChI=1S/C24H18F3N3O3/c1-13-6-9-15(10-7-13)21(31)19-20(16-4-3-5-17(12-16)24(25,26)27)30(23(33)22(19)32)18-11-8-14(2)28-29-18/h3-12,20,31H,1-2H3. The summed E-state index contributed by atoms with van der Waals surface area (Å²) in [7, 11) is 0. The van der Waals surface area contributed by atoms with E-state index in [9.17, 15) is 27.9 Å². The van der Waals surface area contributed by atoms with Crippen LogP contribution >= 0.6 is 0 Å². The minimum Gasteiger partial charge on any atom is -0.507 e. The van der Waals surface area contributed by atoms with Crippen molar-refractivity contribution in [1.29, 1.82) is 0 Å². The monoisotopic (exact) mass is 453 g/mol. The molecule has 2 aromatic carbocycles. The lowest BCUT2D eigenvalue weighted by Crippen LogP contribution is -2.30. The van der Waals surface area contributed by atoms with Gasteiger partial charge in [0.2, 0.25) is 0 Å². The number of rotatable bonds is 3. The molecule has 1 aromatic heterocycles. The van der Waals surface area contributed by atoms with Gasteiger partial charge in [-0.3, -0.25) is 14.5 Å². The van der Waals surface area contributed by atoms with Crippen LogP contribution in [0.15, 0.2) is 66.2 Å². The maximum absolute atomic E-state index is 13.4. The first-order valence-electron chi connectivity index (χ1n) is 9.93. The first-order chi connectivity index (χ1) is 15.6. The second-order valence-electron chi connectivity index (χ2n) is 7.69. The number of nitrogens with zero attached hydrogens (tertiary/aromatic N) is 3. The van der Waals surface area contributed by atoms with E-state index < -0.39 is 35.2 Å². The maximum Gasteiger partial charge on any atom is 0.416 e. The summed E-state index contributed by atoms with van der Waals surface area (Å²) in [5.41, 5.74) is 0.425. The van der Waals surface area contributed by atoms with Crippen LogP contribution in [0.3, 0.4) is 0 Å². The highest BCUT2D eigenvalue weighted by Gasteiger charge is 2.48. The molecule has 0 aliphatic carbocycles. The van der Waals surface area contributed by atoms with Gasteiger partial charge in [-0.2, -0.15) is 18.3 Å². The summed E-state index contributed by atoms with van der Waals surface area (Å²) in [6, 6.07) is 12.5. The predicted octanol–water partition coefficient (Wildman–Crippen LogP) is 4.74. The zero-order valence-corrected chi connectivity index (χ0v) is 17.6. The molecule has 3 aromatic rings. The molecule has 0 saturated carbocycles. The second-order valence-corrected chi connectivity index (χ2v) is 7.69. The smallest absolute Gasteiger partial charge is 0.416 e. The van der Waals surface area contributed by atoms with Crippen molar-refractivity contribution in [1.82, 2.24) is 10.2 Å². The number of halogens is 3. The molecular weight excluding hydrogens is 435 g/mol. The largest absolute Gasteiger partial charge is 0.507 e. The summed E-state index contributed by atoms with van der Waals surface area (Å²) < 4.78 is 40.2. The number of anilines is 1. The minimum absolute atomic E-state index is 0.0000571. The Kier molecular flexibility index (Phi) is 5.49. The van der Waals surface area contributed by atoms with Crippen LogP contribution in [-0.4, -0.2) is 27.0 Å². The van der Waals surface area contributed by atoms with Gasteiger partial charge < -0.3 is 5.11 Å². The van der Waals surface area contributed by atoms with Crippen LogP contribution in [0.2, 0.25) is 0 Å². The molecule has 33 heavy (non-hydrogen) atoms. The molecule has 1 atom stereocenters. The van der Waals surface area contributed by atoms with Crippen molar-refractivity contribution in [2.45, 2.75) is 26.1 Å². The normalized spacial score (nSPS) is 18.1. The highest BCUT2D eigenvalue weighted by molar-refractivity contribution is 6.51. The molecule has 168 valence electrons. The molecule has 1 aliphatic rings. The molecule has 1 fully saturated rings. The number of aryl methyl sites for hydroxylation is 2. The van der Waals surface area contributed by atoms with Gasteiger partial charge in [0.15, 0.2) is 5.82 Å². The van der Waals surface area contributed by atoms with E-state index in [0.717, 1.165) is 22.6 Å². The third-order valence-electron chi connectivity index (χ3n) is 5.33. The van der Waals surface area contributed by atoms with Crippen LogP contribution in [0.25, 0.3) is 5.76 Å². The molecule has 1 saturated heterocycles. The van der Waals surface area contributed by atoms with Crippen molar-refractivity contribution in [3.8, 4) is 0 Å². The SMILES string of the molecule is Cc1ccc(C(O)=C2C(=O)C(=O)N(c3ccc(C)nn3)C2c2cccc(C(F)(F)F)c2)cc1. The van der Waals surface area contributed by atoms with Crippen LogP contribution in [0.1, 0.15) is 34.0 Å². The highest BCUT2D eigenvalue weighted by Crippen LogP contribution is 2.42. The minimum atomic E-state index is -4.64. The first kappa shape index (κ1) is 22.2. The van der Waals surface area contributed by atoms with E-state index in [4.69, 9.17) is 0 Å². The number of Topliss-reactive ketones (excluding diaryl/α,β-unsaturated/α-hetero) is 1. The number of aromatic nitrogens is 2. The van der Waals surface area contributed by atoms with Gasteiger partial charge in [0, 0.05) is 5.56 Å². The fourth-order valence-corrected chi connectivity index (χ4v) is 3.66. The number of hydrogen-bond donors (Lipinski definition) is 1. The molecule has 1 unspecified atom stereocenters. The van der Waals surface area contributed by atoms with Crippen molar-refractivity contribution in [2.75, 3.05) is 4.90 Å². The molecule has 0 radical (unpaired) electrons. The lowest BCUT2D eigenvalue weighted by Gasteiger charge is -2.24. The summed E-state index contributed by atoms with van der Waals surface area (Å²) >= 11 is 0. The van der Waals surface area contributed by atoms with Gasteiger partial charge in [-0.1, -0.05) is 42.0 Å². The summed E-state index contributed by atoms with van der Waals surface area (Å²) in [5, 5.41) is 18.8. The lowest BCUT2D eigenvalue weighted by atomic mass is 9.94. The number of ketones is 1. The number of aliphatic hydroxyl groups excluding tert-OH is 1. The number of carbonyl (C=O) groups is 2. The van der Waals surface area contributed by atoms with Crippen LogP contribution in [0.5, 0.6) is 0 Å². The summed E-state index contributed by atoms with van der Waals surface area (Å²) in [4.78, 5) is 27.0. The average Bonchev–Trinajstić information content (AvgIpc) is 3.04. The Bertz CT molecular complexity index is 1270. The summed E-state index contributed by atoms with van der Waals surface area (Å²) in [6.07, 6.45) is -4.64. The summed E-state index contributed by atoms with van der Waals surface area (Å²) in [5.74, 6) is -2.56. The molecule has 1 aliphatic heterocycles. The molecule has 4 rings (SSSR count). The van der Waals surface area contributed by atoms with Crippen LogP contribution < -0.4 is 4.90 Å². The van der Waals surface area contributed by atoms with Gasteiger partial charge in [-0.15, -0.1) is 5.10 Å². The van der Waals surface area contributed by atoms with Crippen LogP contribution in [0.4, 0.5) is 19.0 Å². The molecule has 2 heterocycles. The van der Waals surface area contributed by atoms with E-state index >= 15 is 0 Å². The Balaban J connectivity index is 1.96. The Hall–Kier alpha value is -4.01. The van der Waals surface area contributed by atoms with Crippen LogP contribution in [-0.2, 0) is 15.8 Å². The lowest BCUT2D eigenvalue weighted by molar-refractivity contribution is -0.137. The van der Waals surface area contributed by atoms with E-state index in [1.807, 2.05) is 6.92 Å². The van der Waals surface area contributed by atoms with Crippen LogP contribution in [0, 0.1) is 13.8 Å². The number of aliphatic hydroxyl groups is 1. The zero-order chi connectivity index (χ0) is 23.9. The molecule has 6 nitrogen and oxygen atoms in total. The van der Waals surface area contributed by atoms with E-state index in [1.54, 1.807) is 37.3 Å². The molecule has 1 N–H and O–H groups in total. The quantitative estimate of drug-likeness (QED) is 0.352. The molecular formula is C24H18F3N3O3. The van der Waals surface area contributed by atoms with E-state index in [-0.39, 0.29) is 22.5 Å². The molecule has 0 spiro atoms. The average molecular weight is 453 g/mol. The fraction of sp³-hybridized carbons (Fsp3) is 0.167. The van der Waals surface area contributed by atoms with E-state index in [2.05, 4.69) is 10.2 Å². The topological polar surface area (TPSA) is 83.4 Å². The number of benzene rings is 2. The van der Waals surface area contributed by atoms with Gasteiger partial charge in [-0.25, -0.2) is 0 Å². The number of amides is 1. The van der Waals surface area contributed by atoms with Gasteiger partial charge in [0.1, 0.15) is 5.76 Å². The predicted molar refractivity (Wildman–Crippen MR) is 114 cm³/mol. The van der Waals surface area contributed by atoms with Gasteiger partial charge in [0.25, 0.3) is 5.78 Å². The van der Waals surface area contributed by atoms with Gasteiger partial charge in [-0.05, 0) is 43.7 Å². The van der Waals surface area contributed by atoms with Crippen molar-refractivity contribution in [3.63, 3.8) is 0 Å². The number of hydrogen-bond acceptors (Lipinski definition) is 5. The molecule has 9 heteroatoms. The van der Waals surface area contributed by atoms with Crippen molar-refractivity contribution in [3.05, 3.63) is 94.2 Å². The van der Waals surface area contributed by atoms with Crippen molar-refractivity contribution in [2.24, 2.45) is 0 Å². The number of carbonyl (C=O) groups excluding carboxylic acids is 2.